The van der Waals surface area contributed by atoms with Gasteiger partial charge in [-0.25, -0.2) is 0 Å². The molecule has 5 nitrogen and oxygen atoms in total. The van der Waals surface area contributed by atoms with Gasteiger partial charge in [-0.2, -0.15) is 0 Å². The van der Waals surface area contributed by atoms with Crippen molar-refractivity contribution in [3.05, 3.63) is 22.6 Å². The first-order chi connectivity index (χ1) is 7.09. The number of aliphatic hydroxyl groups is 1. The predicted molar refractivity (Wildman–Crippen MR) is 52.4 cm³/mol. The van der Waals surface area contributed by atoms with Crippen LogP contribution in [0.3, 0.4) is 0 Å². The maximum atomic E-state index is 11.3. The monoisotopic (exact) mass is 210 g/mol. The topological polar surface area (TPSA) is 58.8 Å². The molecule has 0 saturated heterocycles. The van der Waals surface area contributed by atoms with Gasteiger partial charge in [-0.1, -0.05) is 0 Å². The van der Waals surface area contributed by atoms with E-state index in [1.54, 1.807) is 19.1 Å². The summed E-state index contributed by atoms with van der Waals surface area (Å²) < 4.78 is 11.0. The molecule has 5 heteroatoms. The molecule has 15 heavy (non-hydrogen) atoms. The zero-order valence-corrected chi connectivity index (χ0v) is 8.56. The number of aliphatic hydroxyl groups excluding tert-OH is 1. The highest BCUT2D eigenvalue weighted by Gasteiger charge is 2.25. The lowest BCUT2D eigenvalue weighted by molar-refractivity contribution is -0.429. The van der Waals surface area contributed by atoms with Gasteiger partial charge in [-0.3, -0.25) is 0 Å². The van der Waals surface area contributed by atoms with Gasteiger partial charge in [0, 0.05) is 9.67 Å². The number of hydrogen-bond donors (Lipinski definition) is 1. The first-order valence-corrected chi connectivity index (χ1v) is 4.62. The highest BCUT2D eigenvalue weighted by molar-refractivity contribution is 5.55. The Bertz CT molecular complexity index is 414. The van der Waals surface area contributed by atoms with Crippen LogP contribution in [0.1, 0.15) is 18.6 Å². The second-order valence-corrected chi connectivity index (χ2v) is 3.44. The number of rotatable bonds is 2. The van der Waals surface area contributed by atoms with E-state index in [-0.39, 0.29) is 6.79 Å². The summed E-state index contributed by atoms with van der Waals surface area (Å²) in [7, 11) is 1.38. The van der Waals surface area contributed by atoms with Crippen molar-refractivity contribution >= 4 is 5.69 Å². The fourth-order valence-electron chi connectivity index (χ4n) is 1.55. The second-order valence-electron chi connectivity index (χ2n) is 3.44. The number of nitroso groups, excluding NO2 is 1. The third-order valence-corrected chi connectivity index (χ3v) is 2.31. The highest BCUT2D eigenvalue weighted by Crippen LogP contribution is 2.39. The van der Waals surface area contributed by atoms with Crippen LogP contribution in [0.15, 0.2) is 12.1 Å². The molecular formula is C10H12NO4+. The van der Waals surface area contributed by atoms with Gasteiger partial charge in [0.1, 0.15) is 0 Å². The zero-order chi connectivity index (χ0) is 11.0. The van der Waals surface area contributed by atoms with Gasteiger partial charge in [-0.15, -0.1) is 0 Å². The van der Waals surface area contributed by atoms with Gasteiger partial charge in [0.05, 0.1) is 17.7 Å². The Morgan fingerprint density at radius 3 is 2.53 bits per heavy atom. The molecule has 2 rings (SSSR count). The van der Waals surface area contributed by atoms with Gasteiger partial charge in [-0.05, 0) is 13.0 Å². The molecule has 1 aliphatic heterocycles. The summed E-state index contributed by atoms with van der Waals surface area (Å²) >= 11 is 0. The summed E-state index contributed by atoms with van der Waals surface area (Å²) in [5.74, 6) is 1.11. The summed E-state index contributed by atoms with van der Waals surface area (Å²) in [5.41, 5.74) is 0.936. The van der Waals surface area contributed by atoms with Gasteiger partial charge in [0.25, 0.3) is 5.69 Å². The van der Waals surface area contributed by atoms with E-state index in [2.05, 4.69) is 0 Å². The third-order valence-electron chi connectivity index (χ3n) is 2.31. The molecule has 0 spiro atoms. The molecule has 1 aromatic rings. The summed E-state index contributed by atoms with van der Waals surface area (Å²) in [5, 5.41) is 9.52. The van der Waals surface area contributed by atoms with E-state index in [4.69, 9.17) is 9.47 Å². The molecule has 1 unspecified atom stereocenters. The van der Waals surface area contributed by atoms with Crippen LogP contribution < -0.4 is 9.47 Å². The van der Waals surface area contributed by atoms with Crippen molar-refractivity contribution in [1.82, 2.24) is 0 Å². The van der Waals surface area contributed by atoms with Crippen molar-refractivity contribution in [2.75, 3.05) is 13.8 Å². The molecule has 0 bridgehead atoms. The van der Waals surface area contributed by atoms with Crippen molar-refractivity contribution in [3.63, 3.8) is 0 Å². The van der Waals surface area contributed by atoms with E-state index < -0.39 is 6.10 Å². The zero-order valence-electron chi connectivity index (χ0n) is 8.56. The highest BCUT2D eigenvalue weighted by atomic mass is 16.7. The molecular weight excluding hydrogens is 198 g/mol. The summed E-state index contributed by atoms with van der Waals surface area (Å²) in [6, 6.07) is 3.22. The molecule has 0 amide bonds. The van der Waals surface area contributed by atoms with E-state index in [0.29, 0.717) is 27.5 Å². The third kappa shape index (κ3) is 1.66. The number of benzene rings is 1. The van der Waals surface area contributed by atoms with E-state index in [1.165, 1.54) is 7.05 Å². The van der Waals surface area contributed by atoms with E-state index in [1.807, 2.05) is 0 Å². The lowest BCUT2D eigenvalue weighted by Gasteiger charge is -2.06. The first-order valence-electron chi connectivity index (χ1n) is 4.62. The molecule has 1 N–H and O–H groups in total. The summed E-state index contributed by atoms with van der Waals surface area (Å²) in [6.07, 6.45) is -0.717. The Morgan fingerprint density at radius 1 is 1.40 bits per heavy atom. The van der Waals surface area contributed by atoms with Crippen LogP contribution in [0.5, 0.6) is 11.5 Å². The Kier molecular flexibility index (Phi) is 2.32. The van der Waals surface area contributed by atoms with Crippen molar-refractivity contribution in [2.24, 2.45) is 0 Å². The fraction of sp³-hybridized carbons (Fsp3) is 0.400. The van der Waals surface area contributed by atoms with Crippen molar-refractivity contribution in [1.29, 1.82) is 0 Å². The molecule has 80 valence electrons. The lowest BCUT2D eigenvalue weighted by atomic mass is 10.1. The molecule has 0 fully saturated rings. The van der Waals surface area contributed by atoms with E-state index in [9.17, 15) is 10.0 Å². The largest absolute Gasteiger partial charge is 0.454 e. The smallest absolute Gasteiger partial charge is 0.265 e. The van der Waals surface area contributed by atoms with Crippen molar-refractivity contribution in [3.8, 4) is 11.5 Å². The van der Waals surface area contributed by atoms with Crippen LogP contribution >= 0.6 is 0 Å². The average Bonchev–Trinajstić information content (AvgIpc) is 2.61. The Balaban J connectivity index is 2.57. The Hall–Kier alpha value is -1.62. The Morgan fingerprint density at radius 2 is 2.00 bits per heavy atom. The number of fused-ring (bicyclic) bond motifs is 1. The SMILES string of the molecule is CC(O)c1cc2c(cc1[N+](C)=O)OCO2. The molecule has 1 aliphatic rings. The van der Waals surface area contributed by atoms with Crippen LogP contribution in [0.25, 0.3) is 0 Å². The maximum Gasteiger partial charge on any atom is 0.265 e. The normalized spacial score (nSPS) is 15.1. The van der Waals surface area contributed by atoms with Gasteiger partial charge in [0.2, 0.25) is 6.79 Å². The summed E-state index contributed by atoms with van der Waals surface area (Å²) in [4.78, 5) is 11.3. The minimum atomic E-state index is -0.717. The van der Waals surface area contributed by atoms with Crippen LogP contribution in [0.4, 0.5) is 5.69 Å². The molecule has 1 aromatic carbocycles. The second kappa shape index (κ2) is 3.51. The van der Waals surface area contributed by atoms with Crippen LogP contribution in [-0.4, -0.2) is 23.7 Å². The van der Waals surface area contributed by atoms with Gasteiger partial charge in [0.15, 0.2) is 18.5 Å². The van der Waals surface area contributed by atoms with E-state index in [0.717, 1.165) is 0 Å². The van der Waals surface area contributed by atoms with Crippen LogP contribution in [0.2, 0.25) is 0 Å². The predicted octanol–water partition coefficient (Wildman–Crippen LogP) is 1.51. The summed E-state index contributed by atoms with van der Waals surface area (Å²) in [6.45, 7) is 1.76. The van der Waals surface area contributed by atoms with Crippen molar-refractivity contribution in [2.45, 2.75) is 13.0 Å². The lowest BCUT2D eigenvalue weighted by Crippen LogP contribution is -2.00. The minimum absolute atomic E-state index is 0.153. The van der Waals surface area contributed by atoms with Crippen molar-refractivity contribution < 1.29 is 19.3 Å². The van der Waals surface area contributed by atoms with Gasteiger partial charge >= 0.3 is 0 Å². The molecule has 1 heterocycles. The number of hydrogen-bond acceptors (Lipinski definition) is 4. The standard InChI is InChI=1S/C10H12NO4/c1-6(12)7-3-9-10(15-5-14-9)4-8(7)11(2)13/h3-4,6,12H,5H2,1-2H3/q+1. The number of nitrogens with zero attached hydrogens (tertiary/aromatic N) is 1. The number of ether oxygens (including phenoxy) is 2. The molecule has 0 saturated carbocycles. The van der Waals surface area contributed by atoms with Gasteiger partial charge < -0.3 is 14.6 Å². The van der Waals surface area contributed by atoms with Crippen LogP contribution in [0, 0.1) is 4.91 Å². The van der Waals surface area contributed by atoms with E-state index >= 15 is 0 Å². The molecule has 1 atom stereocenters. The van der Waals surface area contributed by atoms with Crippen LogP contribution in [-0.2, 0) is 0 Å². The fourth-order valence-corrected chi connectivity index (χ4v) is 1.55. The Labute approximate surface area is 86.8 Å². The average molecular weight is 210 g/mol. The first kappa shape index (κ1) is 9.92. The molecule has 0 aromatic heterocycles. The molecule has 0 aliphatic carbocycles. The minimum Gasteiger partial charge on any atom is -0.454 e. The molecule has 0 radical (unpaired) electrons. The quantitative estimate of drug-likeness (QED) is 0.751. The maximum absolute atomic E-state index is 11.3.